The molecule has 0 spiro atoms. The molecule has 4 aromatic rings. The van der Waals surface area contributed by atoms with Crippen LogP contribution in [0.1, 0.15) is 62.7 Å². The van der Waals surface area contributed by atoms with E-state index < -0.39 is 0 Å². The lowest BCUT2D eigenvalue weighted by Gasteiger charge is -2.08. The molecule has 0 saturated heterocycles. The van der Waals surface area contributed by atoms with Gasteiger partial charge in [0.2, 0.25) is 0 Å². The Hall–Kier alpha value is -2.95. The first kappa shape index (κ1) is 29.0. The van der Waals surface area contributed by atoms with Crippen molar-refractivity contribution in [1.82, 2.24) is 0 Å². The average Bonchev–Trinajstić information content (AvgIpc) is 2.99. The third-order valence-corrected chi connectivity index (χ3v) is 8.79. The lowest BCUT2D eigenvalue weighted by atomic mass is 10.0. The molecule has 0 aliphatic rings. The Morgan fingerprint density at radius 1 is 0.538 bits per heavy atom. The summed E-state index contributed by atoms with van der Waals surface area (Å²) in [4.78, 5) is 15.4. The topological polar surface area (TPSA) is 26.3 Å². The van der Waals surface area contributed by atoms with Crippen LogP contribution >= 0.6 is 23.5 Å². The summed E-state index contributed by atoms with van der Waals surface area (Å²) >= 11 is 3.83. The Labute approximate surface area is 242 Å². The Kier molecular flexibility index (Phi) is 11.6. The largest absolute Gasteiger partial charge is 0.423 e. The van der Waals surface area contributed by atoms with Crippen LogP contribution in [-0.2, 0) is 0 Å². The van der Waals surface area contributed by atoms with E-state index >= 15 is 0 Å². The number of rotatable bonds is 14. The van der Waals surface area contributed by atoms with Crippen molar-refractivity contribution in [3.8, 4) is 28.0 Å². The standard InChI is InChI=1S/C35H38O2S2/c1-3-5-7-25-38-33-21-15-29(16-22-33)27-9-11-31(12-10-27)35(36)37-32-19-13-28(14-20-32)30-17-23-34(24-18-30)39-26-8-6-4-2/h9-24H,3-8,25-26H2,1-2H3. The van der Waals surface area contributed by atoms with E-state index in [2.05, 4.69) is 62.4 Å². The summed E-state index contributed by atoms with van der Waals surface area (Å²) < 4.78 is 5.65. The molecule has 0 bridgehead atoms. The lowest BCUT2D eigenvalue weighted by Crippen LogP contribution is -2.08. The van der Waals surface area contributed by atoms with Gasteiger partial charge in [-0.15, -0.1) is 23.5 Å². The molecule has 0 aliphatic heterocycles. The van der Waals surface area contributed by atoms with Crippen LogP contribution in [0.25, 0.3) is 22.3 Å². The molecule has 202 valence electrons. The summed E-state index contributed by atoms with van der Waals surface area (Å²) in [5, 5.41) is 0. The quantitative estimate of drug-likeness (QED) is 0.0670. The number of benzene rings is 4. The van der Waals surface area contributed by atoms with Gasteiger partial charge in [0, 0.05) is 9.79 Å². The van der Waals surface area contributed by atoms with Crippen molar-refractivity contribution in [3.05, 3.63) is 103 Å². The minimum atomic E-state index is -0.349. The van der Waals surface area contributed by atoms with Gasteiger partial charge in [0.05, 0.1) is 5.56 Å². The van der Waals surface area contributed by atoms with E-state index in [1.165, 1.54) is 54.1 Å². The predicted molar refractivity (Wildman–Crippen MR) is 169 cm³/mol. The monoisotopic (exact) mass is 554 g/mol. The van der Waals surface area contributed by atoms with E-state index in [1.54, 1.807) is 0 Å². The molecular formula is C35H38O2S2. The van der Waals surface area contributed by atoms with Gasteiger partial charge in [-0.2, -0.15) is 0 Å². The minimum Gasteiger partial charge on any atom is -0.423 e. The second-order valence-electron chi connectivity index (χ2n) is 9.65. The van der Waals surface area contributed by atoms with Crippen molar-refractivity contribution in [1.29, 1.82) is 0 Å². The smallest absolute Gasteiger partial charge is 0.343 e. The fourth-order valence-electron chi connectivity index (χ4n) is 4.25. The van der Waals surface area contributed by atoms with Crippen molar-refractivity contribution < 1.29 is 9.53 Å². The molecule has 0 amide bonds. The first-order valence-corrected chi connectivity index (χ1v) is 16.0. The molecule has 0 radical (unpaired) electrons. The van der Waals surface area contributed by atoms with E-state index in [4.69, 9.17) is 4.74 Å². The molecule has 39 heavy (non-hydrogen) atoms. The van der Waals surface area contributed by atoms with Gasteiger partial charge in [0.1, 0.15) is 5.75 Å². The Morgan fingerprint density at radius 3 is 1.33 bits per heavy atom. The van der Waals surface area contributed by atoms with Crippen molar-refractivity contribution >= 4 is 29.5 Å². The molecule has 0 aliphatic carbocycles. The Morgan fingerprint density at radius 2 is 0.923 bits per heavy atom. The van der Waals surface area contributed by atoms with Gasteiger partial charge in [-0.25, -0.2) is 4.79 Å². The summed E-state index contributed by atoms with van der Waals surface area (Å²) in [5.41, 5.74) is 5.03. The Bertz CT molecular complexity index is 1280. The van der Waals surface area contributed by atoms with E-state index in [0.717, 1.165) is 28.0 Å². The Balaban J connectivity index is 1.29. The average molecular weight is 555 g/mol. The summed E-state index contributed by atoms with van der Waals surface area (Å²) in [6, 6.07) is 32.7. The van der Waals surface area contributed by atoms with Crippen molar-refractivity contribution in [3.63, 3.8) is 0 Å². The van der Waals surface area contributed by atoms with E-state index in [0.29, 0.717) is 11.3 Å². The maximum absolute atomic E-state index is 12.7. The molecule has 0 N–H and O–H groups in total. The first-order valence-electron chi connectivity index (χ1n) is 14.0. The maximum atomic E-state index is 12.7. The van der Waals surface area contributed by atoms with E-state index in [9.17, 15) is 4.79 Å². The lowest BCUT2D eigenvalue weighted by molar-refractivity contribution is 0.0735. The molecule has 0 unspecified atom stereocenters. The fourth-order valence-corrected chi connectivity index (χ4v) is 6.08. The zero-order valence-corrected chi connectivity index (χ0v) is 24.7. The second-order valence-corrected chi connectivity index (χ2v) is 12.0. The van der Waals surface area contributed by atoms with Gasteiger partial charge in [-0.1, -0.05) is 88.1 Å². The summed E-state index contributed by atoms with van der Waals surface area (Å²) in [5.74, 6) is 2.53. The summed E-state index contributed by atoms with van der Waals surface area (Å²) in [6.45, 7) is 4.47. The highest BCUT2D eigenvalue weighted by atomic mass is 32.2. The number of carbonyl (C=O) groups is 1. The van der Waals surface area contributed by atoms with Crippen LogP contribution in [0.5, 0.6) is 5.75 Å². The number of ether oxygens (including phenoxy) is 1. The van der Waals surface area contributed by atoms with Gasteiger partial charge in [-0.05, 0) is 95.1 Å². The van der Waals surface area contributed by atoms with Crippen LogP contribution in [0.2, 0.25) is 0 Å². The van der Waals surface area contributed by atoms with Gasteiger partial charge in [0.25, 0.3) is 0 Å². The second kappa shape index (κ2) is 15.6. The third-order valence-electron chi connectivity index (χ3n) is 6.59. The first-order chi connectivity index (χ1) is 19.2. The molecule has 4 heteroatoms. The molecular weight excluding hydrogens is 517 g/mol. The molecule has 0 saturated carbocycles. The maximum Gasteiger partial charge on any atom is 0.343 e. The predicted octanol–water partition coefficient (Wildman–Crippen LogP) is 10.8. The highest BCUT2D eigenvalue weighted by Crippen LogP contribution is 2.28. The number of hydrogen-bond acceptors (Lipinski definition) is 4. The molecule has 2 nitrogen and oxygen atoms in total. The highest BCUT2D eigenvalue weighted by Gasteiger charge is 2.10. The van der Waals surface area contributed by atoms with Gasteiger partial charge in [0.15, 0.2) is 0 Å². The van der Waals surface area contributed by atoms with Gasteiger partial charge < -0.3 is 4.74 Å². The number of esters is 1. The summed E-state index contributed by atoms with van der Waals surface area (Å²) in [7, 11) is 0. The van der Waals surface area contributed by atoms with Crippen LogP contribution < -0.4 is 4.74 Å². The van der Waals surface area contributed by atoms with Crippen LogP contribution in [0.15, 0.2) is 107 Å². The van der Waals surface area contributed by atoms with Crippen molar-refractivity contribution in [2.45, 2.75) is 62.2 Å². The number of unbranched alkanes of at least 4 members (excludes halogenated alkanes) is 4. The molecule has 0 heterocycles. The zero-order chi connectivity index (χ0) is 27.3. The highest BCUT2D eigenvalue weighted by molar-refractivity contribution is 7.99. The fraction of sp³-hybridized carbons (Fsp3) is 0.286. The SMILES string of the molecule is CCCCCSc1ccc(-c2ccc(OC(=O)c3ccc(-c4ccc(SCCCCC)cc4)cc3)cc2)cc1. The molecule has 4 aromatic carbocycles. The van der Waals surface area contributed by atoms with Crippen LogP contribution in [0.4, 0.5) is 0 Å². The number of hydrogen-bond donors (Lipinski definition) is 0. The van der Waals surface area contributed by atoms with Crippen molar-refractivity contribution in [2.24, 2.45) is 0 Å². The molecule has 0 fully saturated rings. The molecule has 4 rings (SSSR count). The zero-order valence-electron chi connectivity index (χ0n) is 23.0. The van der Waals surface area contributed by atoms with E-state index in [-0.39, 0.29) is 5.97 Å². The van der Waals surface area contributed by atoms with E-state index in [1.807, 2.05) is 72.1 Å². The molecule has 0 atom stereocenters. The van der Waals surface area contributed by atoms with Crippen LogP contribution in [-0.4, -0.2) is 17.5 Å². The summed E-state index contributed by atoms with van der Waals surface area (Å²) in [6.07, 6.45) is 7.61. The van der Waals surface area contributed by atoms with Crippen LogP contribution in [0.3, 0.4) is 0 Å². The normalized spacial score (nSPS) is 10.9. The third kappa shape index (κ3) is 9.05. The van der Waals surface area contributed by atoms with Crippen molar-refractivity contribution in [2.75, 3.05) is 11.5 Å². The van der Waals surface area contributed by atoms with Gasteiger partial charge in [-0.3, -0.25) is 0 Å². The number of carbonyl (C=O) groups excluding carboxylic acids is 1. The van der Waals surface area contributed by atoms with Crippen LogP contribution in [0, 0.1) is 0 Å². The minimum absolute atomic E-state index is 0.349. The number of thioether (sulfide) groups is 2. The molecule has 0 aromatic heterocycles. The van der Waals surface area contributed by atoms with Gasteiger partial charge >= 0.3 is 5.97 Å².